The van der Waals surface area contributed by atoms with Crippen LogP contribution in [0.5, 0.6) is 5.75 Å². The zero-order valence-corrected chi connectivity index (χ0v) is 21.4. The van der Waals surface area contributed by atoms with Gasteiger partial charge in [-0.15, -0.1) is 0 Å². The Morgan fingerprint density at radius 1 is 1.24 bits per heavy atom. The predicted octanol–water partition coefficient (Wildman–Crippen LogP) is 3.47. The van der Waals surface area contributed by atoms with E-state index in [1.165, 1.54) is 37.6 Å². The van der Waals surface area contributed by atoms with Crippen molar-refractivity contribution in [2.24, 2.45) is 5.92 Å². The molecule has 0 aliphatic carbocycles. The van der Waals surface area contributed by atoms with Crippen molar-refractivity contribution in [3.05, 3.63) is 70.1 Å². The number of methoxy groups -OCH3 is 1. The van der Waals surface area contributed by atoms with Crippen LogP contribution in [0.4, 0.5) is 14.6 Å². The number of hydrogen-bond donors (Lipinski definition) is 2. The molecule has 1 aliphatic rings. The summed E-state index contributed by atoms with van der Waals surface area (Å²) in [6.45, 7) is 6.52. The molecule has 9 nitrogen and oxygen atoms in total. The molecule has 3 heterocycles. The van der Waals surface area contributed by atoms with Gasteiger partial charge in [-0.2, -0.15) is 4.39 Å². The van der Waals surface area contributed by atoms with Crippen LogP contribution in [0, 0.1) is 17.6 Å². The zero-order chi connectivity index (χ0) is 27.1. The third-order valence-electron chi connectivity index (χ3n) is 6.87. The Kier molecular flexibility index (Phi) is 6.80. The Labute approximate surface area is 212 Å². The molecule has 1 saturated heterocycles. The molecule has 37 heavy (non-hydrogen) atoms. The molecule has 0 bridgehead atoms. The molecule has 2 aromatic heterocycles. The van der Waals surface area contributed by atoms with Gasteiger partial charge in [-0.1, -0.05) is 6.92 Å². The average Bonchev–Trinajstić information content (AvgIpc) is 3.12. The van der Waals surface area contributed by atoms with E-state index in [9.17, 15) is 26.8 Å². The van der Waals surface area contributed by atoms with Crippen molar-refractivity contribution in [2.75, 3.05) is 18.6 Å². The summed E-state index contributed by atoms with van der Waals surface area (Å²) in [5.74, 6) is -3.19. The third kappa shape index (κ3) is 4.80. The number of hydrogen-bond acceptors (Lipinski definition) is 7. The molecule has 1 aliphatic heterocycles. The van der Waals surface area contributed by atoms with Crippen LogP contribution in [0.25, 0.3) is 11.3 Å². The highest BCUT2D eigenvalue weighted by Crippen LogP contribution is 2.39. The molecular formula is C25H26F2N4O5S. The van der Waals surface area contributed by atoms with Crippen molar-refractivity contribution in [1.29, 1.82) is 0 Å². The summed E-state index contributed by atoms with van der Waals surface area (Å²) >= 11 is 0. The Morgan fingerprint density at radius 3 is 2.59 bits per heavy atom. The van der Waals surface area contributed by atoms with Crippen molar-refractivity contribution in [3.8, 4) is 17.0 Å². The number of amides is 1. The van der Waals surface area contributed by atoms with Crippen LogP contribution in [0.1, 0.15) is 37.6 Å². The first kappa shape index (κ1) is 26.3. The predicted molar refractivity (Wildman–Crippen MR) is 133 cm³/mol. The average molecular weight is 533 g/mol. The van der Waals surface area contributed by atoms with Crippen LogP contribution < -0.4 is 19.9 Å². The van der Waals surface area contributed by atoms with E-state index in [4.69, 9.17) is 4.74 Å². The topological polar surface area (TPSA) is 121 Å². The van der Waals surface area contributed by atoms with Crippen molar-refractivity contribution in [3.63, 3.8) is 0 Å². The molecule has 0 radical (unpaired) electrons. The van der Waals surface area contributed by atoms with Gasteiger partial charge in [0.15, 0.2) is 16.5 Å². The molecule has 1 atom stereocenters. The highest BCUT2D eigenvalue weighted by Gasteiger charge is 2.41. The molecule has 1 aromatic carbocycles. The largest absolute Gasteiger partial charge is 0.494 e. The van der Waals surface area contributed by atoms with E-state index in [1.54, 1.807) is 0 Å². The number of halogens is 2. The van der Waals surface area contributed by atoms with Crippen LogP contribution >= 0.6 is 0 Å². The normalized spacial score (nSPS) is 17.0. The highest BCUT2D eigenvalue weighted by atomic mass is 32.2. The fourth-order valence-electron chi connectivity index (χ4n) is 4.31. The van der Waals surface area contributed by atoms with Crippen molar-refractivity contribution < 1.29 is 26.7 Å². The number of carbonyl (C=O) groups excluding carboxylic acids is 1. The summed E-state index contributed by atoms with van der Waals surface area (Å²) in [7, 11) is -3.29. The van der Waals surface area contributed by atoms with Gasteiger partial charge in [0.2, 0.25) is 5.82 Å². The SMILES string of the molecule is COc1cc(-c2ccc(C(=O)NS(=O)(=O)c3ccc[nH]c3=O)c(N3CCC(C)C3(C)C)n2)cc(F)c1F. The monoisotopic (exact) mass is 532 g/mol. The van der Waals surface area contributed by atoms with E-state index >= 15 is 0 Å². The standard InChI is InChI=1S/C25H26F2N4O5S/c1-14-9-11-31(25(14,2)3)22-16(23(32)30-37(34,35)20-6-5-10-28-24(20)33)7-8-18(29-22)15-12-17(26)21(27)19(13-15)36-4/h5-8,10,12-14H,9,11H2,1-4H3,(H,28,33)(H,30,32). The number of pyridine rings is 2. The Morgan fingerprint density at radius 2 is 1.97 bits per heavy atom. The maximum absolute atomic E-state index is 14.2. The number of rotatable bonds is 6. The van der Waals surface area contributed by atoms with E-state index in [0.29, 0.717) is 6.54 Å². The number of aromatic amines is 1. The van der Waals surface area contributed by atoms with Gasteiger partial charge in [-0.3, -0.25) is 9.59 Å². The smallest absolute Gasteiger partial charge is 0.269 e. The molecule has 2 N–H and O–H groups in total. The lowest BCUT2D eigenvalue weighted by Crippen LogP contribution is -2.44. The second-order valence-electron chi connectivity index (χ2n) is 9.34. The number of H-pyrrole nitrogens is 1. The highest BCUT2D eigenvalue weighted by molar-refractivity contribution is 7.90. The number of nitrogens with zero attached hydrogens (tertiary/aromatic N) is 2. The lowest BCUT2D eigenvalue weighted by Gasteiger charge is -2.36. The van der Waals surface area contributed by atoms with Crippen LogP contribution in [0.3, 0.4) is 0 Å². The summed E-state index contributed by atoms with van der Waals surface area (Å²) in [6, 6.07) is 7.43. The lowest BCUT2D eigenvalue weighted by atomic mass is 9.90. The summed E-state index contributed by atoms with van der Waals surface area (Å²) in [5.41, 5.74) is -0.962. The molecule has 0 saturated carbocycles. The summed E-state index contributed by atoms with van der Waals surface area (Å²) in [6.07, 6.45) is 2.06. The molecule has 1 unspecified atom stereocenters. The first-order chi connectivity index (χ1) is 17.4. The number of sulfonamides is 1. The van der Waals surface area contributed by atoms with E-state index in [2.05, 4.69) is 16.9 Å². The van der Waals surface area contributed by atoms with Gasteiger partial charge in [0.1, 0.15) is 5.82 Å². The minimum absolute atomic E-state index is 0.0589. The van der Waals surface area contributed by atoms with E-state index in [-0.39, 0.29) is 34.3 Å². The Balaban J connectivity index is 1.83. The Bertz CT molecular complexity index is 1540. The molecule has 1 amide bonds. The van der Waals surface area contributed by atoms with Crippen LogP contribution in [0.15, 0.2) is 52.3 Å². The number of carbonyl (C=O) groups is 1. The van der Waals surface area contributed by atoms with Gasteiger partial charge in [-0.25, -0.2) is 22.5 Å². The fourth-order valence-corrected chi connectivity index (χ4v) is 5.34. The van der Waals surface area contributed by atoms with Gasteiger partial charge >= 0.3 is 0 Å². The van der Waals surface area contributed by atoms with E-state index in [1.807, 2.05) is 23.5 Å². The summed E-state index contributed by atoms with van der Waals surface area (Å²) in [5, 5.41) is 0. The quantitative estimate of drug-likeness (QED) is 0.499. The number of aromatic nitrogens is 2. The molecule has 0 spiro atoms. The first-order valence-electron chi connectivity index (χ1n) is 11.4. The maximum atomic E-state index is 14.2. The molecule has 1 fully saturated rings. The minimum atomic E-state index is -4.50. The number of benzene rings is 1. The number of nitrogens with one attached hydrogen (secondary N) is 2. The zero-order valence-electron chi connectivity index (χ0n) is 20.6. The van der Waals surface area contributed by atoms with Crippen molar-refractivity contribution in [2.45, 2.75) is 37.6 Å². The van der Waals surface area contributed by atoms with Gasteiger partial charge in [-0.05, 0) is 62.6 Å². The lowest BCUT2D eigenvalue weighted by molar-refractivity contribution is 0.0981. The maximum Gasteiger partial charge on any atom is 0.269 e. The van der Waals surface area contributed by atoms with E-state index in [0.717, 1.165) is 18.6 Å². The van der Waals surface area contributed by atoms with E-state index < -0.39 is 43.6 Å². The van der Waals surface area contributed by atoms with Crippen molar-refractivity contribution >= 4 is 21.7 Å². The number of anilines is 1. The summed E-state index contributed by atoms with van der Waals surface area (Å²) < 4.78 is 60.7. The third-order valence-corrected chi connectivity index (χ3v) is 8.23. The summed E-state index contributed by atoms with van der Waals surface area (Å²) in [4.78, 5) is 33.4. The van der Waals surface area contributed by atoms with Gasteiger partial charge in [0.05, 0.1) is 18.4 Å². The molecular weight excluding hydrogens is 506 g/mol. The minimum Gasteiger partial charge on any atom is -0.494 e. The van der Waals surface area contributed by atoms with Gasteiger partial charge in [0.25, 0.3) is 21.5 Å². The molecule has 3 aromatic rings. The van der Waals surface area contributed by atoms with Gasteiger partial charge < -0.3 is 14.6 Å². The first-order valence-corrected chi connectivity index (χ1v) is 12.9. The van der Waals surface area contributed by atoms with Crippen LogP contribution in [-0.4, -0.2) is 43.5 Å². The van der Waals surface area contributed by atoms with Crippen molar-refractivity contribution in [1.82, 2.24) is 14.7 Å². The molecule has 4 rings (SSSR count). The molecule has 12 heteroatoms. The second-order valence-corrected chi connectivity index (χ2v) is 11.0. The Hall–Kier alpha value is -3.80. The molecule has 196 valence electrons. The fraction of sp³-hybridized carbons (Fsp3) is 0.320. The van der Waals surface area contributed by atoms with Crippen LogP contribution in [0.2, 0.25) is 0 Å². The number of ether oxygens (including phenoxy) is 1. The van der Waals surface area contributed by atoms with Gasteiger partial charge in [0, 0.05) is 23.8 Å². The van der Waals surface area contributed by atoms with Crippen LogP contribution in [-0.2, 0) is 10.0 Å². The second kappa shape index (κ2) is 9.58.